The van der Waals surface area contributed by atoms with Gasteiger partial charge in [0.25, 0.3) is 5.91 Å². The van der Waals surface area contributed by atoms with Gasteiger partial charge in [0, 0.05) is 12.6 Å². The maximum absolute atomic E-state index is 11.8. The zero-order valence-corrected chi connectivity index (χ0v) is 12.2. The molecule has 5 nitrogen and oxygen atoms in total. The predicted molar refractivity (Wildman–Crippen MR) is 75.0 cm³/mol. The zero-order chi connectivity index (χ0) is 13.1. The zero-order valence-electron chi connectivity index (χ0n) is 9.85. The Kier molecular flexibility index (Phi) is 3.93. The molecule has 0 aliphatic rings. The fourth-order valence-electron chi connectivity index (χ4n) is 1.29. The summed E-state index contributed by atoms with van der Waals surface area (Å²) in [6, 6.07) is 1.92. The van der Waals surface area contributed by atoms with Crippen LogP contribution in [-0.4, -0.2) is 21.9 Å². The Hall–Kier alpha value is -1.47. The van der Waals surface area contributed by atoms with Crippen LogP contribution in [0.3, 0.4) is 0 Å². The van der Waals surface area contributed by atoms with Gasteiger partial charge in [-0.3, -0.25) is 9.48 Å². The van der Waals surface area contributed by atoms with Gasteiger partial charge in [-0.25, -0.2) is 5.43 Å². The summed E-state index contributed by atoms with van der Waals surface area (Å²) in [6.07, 6.45) is 1.60. The second-order valence-corrected chi connectivity index (χ2v) is 5.20. The van der Waals surface area contributed by atoms with Crippen molar-refractivity contribution in [3.05, 3.63) is 38.3 Å². The van der Waals surface area contributed by atoms with Gasteiger partial charge in [0.05, 0.1) is 16.4 Å². The van der Waals surface area contributed by atoms with Gasteiger partial charge < -0.3 is 0 Å². The van der Waals surface area contributed by atoms with E-state index in [-0.39, 0.29) is 5.91 Å². The summed E-state index contributed by atoms with van der Waals surface area (Å²) in [6.45, 7) is 1.88. The maximum Gasteiger partial charge on any atom is 0.293 e. The first-order valence-electron chi connectivity index (χ1n) is 5.14. The molecule has 7 heteroatoms. The number of halogens is 1. The Morgan fingerprint density at radius 1 is 1.67 bits per heavy atom. The first-order chi connectivity index (χ1) is 8.59. The number of rotatable bonds is 3. The minimum absolute atomic E-state index is 0.331. The molecule has 1 N–H and O–H groups in total. The van der Waals surface area contributed by atoms with Gasteiger partial charge in [-0.2, -0.15) is 21.5 Å². The lowest BCUT2D eigenvalue weighted by Crippen LogP contribution is -2.18. The van der Waals surface area contributed by atoms with Gasteiger partial charge in [0.2, 0.25) is 0 Å². The van der Waals surface area contributed by atoms with Gasteiger partial charge in [0.1, 0.15) is 0 Å². The molecule has 2 rings (SSSR count). The van der Waals surface area contributed by atoms with E-state index in [2.05, 4.69) is 31.6 Å². The SMILES string of the molecule is Cc1c(Br)c(C(=O)N/N=C/c2ccsc2)nn1C. The van der Waals surface area contributed by atoms with E-state index in [9.17, 15) is 4.79 Å². The number of nitrogens with one attached hydrogen (secondary N) is 1. The van der Waals surface area contributed by atoms with E-state index in [0.717, 1.165) is 11.3 Å². The number of hydrazone groups is 1. The van der Waals surface area contributed by atoms with Crippen LogP contribution >= 0.6 is 27.3 Å². The van der Waals surface area contributed by atoms with Gasteiger partial charge in [-0.15, -0.1) is 0 Å². The number of carbonyl (C=O) groups is 1. The van der Waals surface area contributed by atoms with Gasteiger partial charge in [-0.05, 0) is 39.7 Å². The van der Waals surface area contributed by atoms with Crippen LogP contribution in [0.15, 0.2) is 26.4 Å². The minimum Gasteiger partial charge on any atom is -0.271 e. The summed E-state index contributed by atoms with van der Waals surface area (Å²) in [5, 5.41) is 11.9. The Bertz CT molecular complexity index is 588. The predicted octanol–water partition coefficient (Wildman–Crippen LogP) is 2.32. The van der Waals surface area contributed by atoms with E-state index in [1.54, 1.807) is 29.3 Å². The van der Waals surface area contributed by atoms with Crippen molar-refractivity contribution >= 4 is 39.4 Å². The number of aromatic nitrogens is 2. The normalized spacial score (nSPS) is 11.1. The summed E-state index contributed by atoms with van der Waals surface area (Å²) in [5.74, 6) is -0.336. The summed E-state index contributed by atoms with van der Waals surface area (Å²) in [5.41, 5.74) is 4.62. The standard InChI is InChI=1S/C11H11BrN4OS/c1-7-9(12)10(15-16(7)2)11(17)14-13-5-8-3-4-18-6-8/h3-6H,1-2H3,(H,14,17)/b13-5+. The number of amides is 1. The molecule has 2 aromatic heterocycles. The average molecular weight is 327 g/mol. The fourth-order valence-corrected chi connectivity index (χ4v) is 2.42. The van der Waals surface area contributed by atoms with Crippen molar-refractivity contribution in [3.63, 3.8) is 0 Å². The molecule has 0 atom stereocenters. The molecule has 0 saturated carbocycles. The molecule has 18 heavy (non-hydrogen) atoms. The lowest BCUT2D eigenvalue weighted by Gasteiger charge is -1.95. The lowest BCUT2D eigenvalue weighted by atomic mass is 10.3. The van der Waals surface area contributed by atoms with E-state index < -0.39 is 0 Å². The molecule has 0 aliphatic carbocycles. The molecule has 0 fully saturated rings. The third kappa shape index (κ3) is 2.68. The van der Waals surface area contributed by atoms with Crippen molar-refractivity contribution < 1.29 is 4.79 Å². The van der Waals surface area contributed by atoms with E-state index >= 15 is 0 Å². The highest BCUT2D eigenvalue weighted by atomic mass is 79.9. The van der Waals surface area contributed by atoms with Crippen molar-refractivity contribution in [2.24, 2.45) is 12.1 Å². The monoisotopic (exact) mass is 326 g/mol. The molecule has 94 valence electrons. The van der Waals surface area contributed by atoms with Crippen LogP contribution in [0, 0.1) is 6.92 Å². The fraction of sp³-hybridized carbons (Fsp3) is 0.182. The second kappa shape index (κ2) is 5.45. The van der Waals surface area contributed by atoms with E-state index in [1.807, 2.05) is 23.8 Å². The molecule has 2 aromatic rings. The molecule has 0 radical (unpaired) electrons. The molecule has 2 heterocycles. The maximum atomic E-state index is 11.8. The quantitative estimate of drug-likeness (QED) is 0.695. The molecular weight excluding hydrogens is 316 g/mol. The topological polar surface area (TPSA) is 59.3 Å². The Balaban J connectivity index is 2.06. The van der Waals surface area contributed by atoms with Crippen molar-refractivity contribution in [2.45, 2.75) is 6.92 Å². The van der Waals surface area contributed by atoms with Crippen LogP contribution in [0.2, 0.25) is 0 Å². The largest absolute Gasteiger partial charge is 0.293 e. The van der Waals surface area contributed by atoms with Crippen LogP contribution in [0.5, 0.6) is 0 Å². The van der Waals surface area contributed by atoms with Crippen LogP contribution < -0.4 is 5.43 Å². The van der Waals surface area contributed by atoms with Crippen molar-refractivity contribution in [1.29, 1.82) is 0 Å². The van der Waals surface area contributed by atoms with Crippen LogP contribution in [-0.2, 0) is 7.05 Å². The molecule has 0 unspecified atom stereocenters. The Labute approximate surface area is 117 Å². The minimum atomic E-state index is -0.336. The van der Waals surface area contributed by atoms with Crippen LogP contribution in [0.25, 0.3) is 0 Å². The Morgan fingerprint density at radius 3 is 3.00 bits per heavy atom. The molecule has 0 aliphatic heterocycles. The van der Waals surface area contributed by atoms with Crippen molar-refractivity contribution in [3.8, 4) is 0 Å². The molecule has 0 saturated heterocycles. The van der Waals surface area contributed by atoms with Gasteiger partial charge in [-0.1, -0.05) is 0 Å². The van der Waals surface area contributed by atoms with Gasteiger partial charge in [0.15, 0.2) is 5.69 Å². The highest BCUT2D eigenvalue weighted by Gasteiger charge is 2.16. The van der Waals surface area contributed by atoms with Gasteiger partial charge >= 0.3 is 0 Å². The summed E-state index contributed by atoms with van der Waals surface area (Å²) < 4.78 is 2.33. The third-order valence-corrected chi connectivity index (χ3v) is 4.05. The first kappa shape index (κ1) is 13.0. The van der Waals surface area contributed by atoms with E-state index in [4.69, 9.17) is 0 Å². The summed E-state index contributed by atoms with van der Waals surface area (Å²) >= 11 is 4.91. The highest BCUT2D eigenvalue weighted by molar-refractivity contribution is 9.10. The number of aryl methyl sites for hydroxylation is 1. The number of carbonyl (C=O) groups excluding carboxylic acids is 1. The lowest BCUT2D eigenvalue weighted by molar-refractivity contribution is 0.0948. The van der Waals surface area contributed by atoms with Crippen molar-refractivity contribution in [2.75, 3.05) is 0 Å². The number of hydrogen-bond donors (Lipinski definition) is 1. The van der Waals surface area contributed by atoms with Crippen molar-refractivity contribution in [1.82, 2.24) is 15.2 Å². The van der Waals surface area contributed by atoms with Crippen LogP contribution in [0.4, 0.5) is 0 Å². The number of hydrogen-bond acceptors (Lipinski definition) is 4. The summed E-state index contributed by atoms with van der Waals surface area (Å²) in [4.78, 5) is 11.8. The second-order valence-electron chi connectivity index (χ2n) is 3.63. The Morgan fingerprint density at radius 2 is 2.44 bits per heavy atom. The van der Waals surface area contributed by atoms with Crippen LogP contribution in [0.1, 0.15) is 21.7 Å². The molecule has 0 bridgehead atoms. The highest BCUT2D eigenvalue weighted by Crippen LogP contribution is 2.19. The molecule has 1 amide bonds. The average Bonchev–Trinajstić information content (AvgIpc) is 2.94. The molecule has 0 spiro atoms. The number of nitrogens with zero attached hydrogens (tertiary/aromatic N) is 3. The molecular formula is C11H11BrN4OS. The smallest absolute Gasteiger partial charge is 0.271 e. The van der Waals surface area contributed by atoms with E-state index in [0.29, 0.717) is 10.2 Å². The summed E-state index contributed by atoms with van der Waals surface area (Å²) in [7, 11) is 1.78. The molecule has 0 aromatic carbocycles. The first-order valence-corrected chi connectivity index (χ1v) is 6.88. The third-order valence-electron chi connectivity index (χ3n) is 2.40. The van der Waals surface area contributed by atoms with E-state index in [1.165, 1.54) is 0 Å². The number of thiophene rings is 1.